The summed E-state index contributed by atoms with van der Waals surface area (Å²) in [7, 11) is 0. The molecule has 1 N–H and O–H groups in total. The molecule has 0 saturated carbocycles. The molecule has 78 valence electrons. The number of carboxylic acid groups (broad SMARTS) is 1. The maximum absolute atomic E-state index is 10.5. The quantitative estimate of drug-likeness (QED) is 0.827. The van der Waals surface area contributed by atoms with Crippen molar-refractivity contribution in [3.63, 3.8) is 0 Å². The average Bonchev–Trinajstić information content (AvgIpc) is 2.59. The van der Waals surface area contributed by atoms with Crippen LogP contribution < -0.4 is 0 Å². The summed E-state index contributed by atoms with van der Waals surface area (Å²) in [6.45, 7) is 1.99. The molecular weight excluding hydrogens is 192 g/mol. The number of carboxylic acids is 1. The minimum atomic E-state index is -0.791. The fourth-order valence-corrected chi connectivity index (χ4v) is 1.69. The molecule has 2 aromatic heterocycles. The van der Waals surface area contributed by atoms with Gasteiger partial charge in [-0.2, -0.15) is 0 Å². The van der Waals surface area contributed by atoms with Crippen LogP contribution in [0.2, 0.25) is 0 Å². The first-order valence-corrected chi connectivity index (χ1v) is 4.82. The van der Waals surface area contributed by atoms with Gasteiger partial charge in [-0.3, -0.25) is 4.79 Å². The van der Waals surface area contributed by atoms with E-state index in [4.69, 9.17) is 5.11 Å². The highest BCUT2D eigenvalue weighted by Gasteiger charge is 2.06. The van der Waals surface area contributed by atoms with Crippen molar-refractivity contribution < 1.29 is 9.90 Å². The molecule has 0 atom stereocenters. The lowest BCUT2D eigenvalue weighted by Gasteiger charge is -2.03. The van der Waals surface area contributed by atoms with Crippen LogP contribution in [-0.2, 0) is 11.2 Å². The van der Waals surface area contributed by atoms with Crippen LogP contribution >= 0.6 is 0 Å². The van der Waals surface area contributed by atoms with E-state index in [9.17, 15) is 4.79 Å². The molecule has 2 rings (SSSR count). The normalized spacial score (nSPS) is 10.7. The lowest BCUT2D eigenvalue weighted by molar-refractivity contribution is -0.137. The molecule has 0 fully saturated rings. The van der Waals surface area contributed by atoms with Gasteiger partial charge in [-0.25, -0.2) is 4.98 Å². The lowest BCUT2D eigenvalue weighted by atomic mass is 10.3. The van der Waals surface area contributed by atoms with E-state index in [-0.39, 0.29) is 6.42 Å². The first-order chi connectivity index (χ1) is 7.18. The van der Waals surface area contributed by atoms with Crippen LogP contribution in [0, 0.1) is 6.92 Å². The Labute approximate surface area is 87.2 Å². The second-order valence-electron chi connectivity index (χ2n) is 3.50. The first-order valence-electron chi connectivity index (χ1n) is 4.82. The minimum Gasteiger partial charge on any atom is -0.481 e. The molecule has 0 aliphatic carbocycles. The summed E-state index contributed by atoms with van der Waals surface area (Å²) in [5.41, 5.74) is 2.08. The Morgan fingerprint density at radius 3 is 3.07 bits per heavy atom. The second-order valence-corrected chi connectivity index (χ2v) is 3.50. The molecule has 0 aliphatic heterocycles. The SMILES string of the molecule is Cc1cccc2cnc(CCC(=O)O)n12. The fraction of sp³-hybridized carbons (Fsp3) is 0.273. The Hall–Kier alpha value is -1.84. The molecule has 15 heavy (non-hydrogen) atoms. The number of nitrogens with zero attached hydrogens (tertiary/aromatic N) is 2. The van der Waals surface area contributed by atoms with Gasteiger partial charge < -0.3 is 9.51 Å². The summed E-state index contributed by atoms with van der Waals surface area (Å²) in [4.78, 5) is 14.7. The molecule has 0 aliphatic rings. The Bertz CT molecular complexity index is 502. The number of hydrogen-bond acceptors (Lipinski definition) is 2. The second kappa shape index (κ2) is 3.73. The van der Waals surface area contributed by atoms with E-state index in [1.807, 2.05) is 29.5 Å². The predicted molar refractivity (Wildman–Crippen MR) is 55.9 cm³/mol. The molecule has 0 unspecified atom stereocenters. The third kappa shape index (κ3) is 1.83. The van der Waals surface area contributed by atoms with Crippen LogP contribution in [0.5, 0.6) is 0 Å². The van der Waals surface area contributed by atoms with Crippen LogP contribution in [0.1, 0.15) is 17.9 Å². The number of fused-ring (bicyclic) bond motifs is 1. The van der Waals surface area contributed by atoms with Crippen LogP contribution in [0.25, 0.3) is 5.52 Å². The summed E-state index contributed by atoms with van der Waals surface area (Å²) in [6.07, 6.45) is 2.35. The molecule has 0 amide bonds. The third-order valence-corrected chi connectivity index (χ3v) is 2.38. The largest absolute Gasteiger partial charge is 0.481 e. The van der Waals surface area contributed by atoms with Crippen LogP contribution in [0.15, 0.2) is 24.4 Å². The highest BCUT2D eigenvalue weighted by atomic mass is 16.4. The number of aromatic nitrogens is 2. The average molecular weight is 204 g/mol. The number of rotatable bonds is 3. The van der Waals surface area contributed by atoms with Gasteiger partial charge in [0, 0.05) is 12.1 Å². The molecule has 4 nitrogen and oxygen atoms in total. The molecule has 0 aromatic carbocycles. The van der Waals surface area contributed by atoms with E-state index in [1.165, 1.54) is 0 Å². The van der Waals surface area contributed by atoms with Gasteiger partial charge in [0.2, 0.25) is 0 Å². The van der Waals surface area contributed by atoms with E-state index in [0.29, 0.717) is 6.42 Å². The van der Waals surface area contributed by atoms with Crippen LogP contribution in [0.3, 0.4) is 0 Å². The van der Waals surface area contributed by atoms with Crippen LogP contribution in [-0.4, -0.2) is 20.5 Å². The molecule has 0 bridgehead atoms. The highest BCUT2D eigenvalue weighted by molar-refractivity contribution is 5.67. The molecular formula is C11H12N2O2. The standard InChI is InChI=1S/C11H12N2O2/c1-8-3-2-4-9-7-12-10(13(8)9)5-6-11(14)15/h2-4,7H,5-6H2,1H3,(H,14,15). The van der Waals surface area contributed by atoms with Crippen molar-refractivity contribution in [3.05, 3.63) is 35.9 Å². The summed E-state index contributed by atoms with van der Waals surface area (Å²) in [5, 5.41) is 8.62. The van der Waals surface area contributed by atoms with Crippen LogP contribution in [0.4, 0.5) is 0 Å². The zero-order valence-electron chi connectivity index (χ0n) is 8.47. The van der Waals surface area contributed by atoms with Crippen molar-refractivity contribution in [3.8, 4) is 0 Å². The van der Waals surface area contributed by atoms with Crippen molar-refractivity contribution >= 4 is 11.5 Å². The number of imidazole rings is 1. The van der Waals surface area contributed by atoms with Gasteiger partial charge in [0.15, 0.2) is 0 Å². The molecule has 0 radical (unpaired) electrons. The molecule has 0 spiro atoms. The molecule has 4 heteroatoms. The van der Waals surface area contributed by atoms with E-state index in [1.54, 1.807) is 6.20 Å². The lowest BCUT2D eigenvalue weighted by Crippen LogP contribution is -2.03. The monoisotopic (exact) mass is 204 g/mol. The summed E-state index contributed by atoms with van der Waals surface area (Å²) in [6, 6.07) is 5.91. The maximum Gasteiger partial charge on any atom is 0.303 e. The first kappa shape index (κ1) is 9.71. The zero-order valence-corrected chi connectivity index (χ0v) is 8.47. The Morgan fingerprint density at radius 1 is 1.53 bits per heavy atom. The van der Waals surface area contributed by atoms with Crippen molar-refractivity contribution in [2.24, 2.45) is 0 Å². The van der Waals surface area contributed by atoms with E-state index < -0.39 is 5.97 Å². The third-order valence-electron chi connectivity index (χ3n) is 2.38. The number of aryl methyl sites for hydroxylation is 2. The smallest absolute Gasteiger partial charge is 0.303 e. The Kier molecular flexibility index (Phi) is 2.41. The molecule has 2 heterocycles. The van der Waals surface area contributed by atoms with Gasteiger partial charge in [0.25, 0.3) is 0 Å². The van der Waals surface area contributed by atoms with Gasteiger partial charge in [-0.05, 0) is 19.1 Å². The Morgan fingerprint density at radius 2 is 2.33 bits per heavy atom. The van der Waals surface area contributed by atoms with E-state index in [0.717, 1.165) is 17.0 Å². The minimum absolute atomic E-state index is 0.118. The van der Waals surface area contributed by atoms with Crippen molar-refractivity contribution in [1.82, 2.24) is 9.38 Å². The topological polar surface area (TPSA) is 54.6 Å². The van der Waals surface area contributed by atoms with E-state index in [2.05, 4.69) is 4.98 Å². The summed E-state index contributed by atoms with van der Waals surface area (Å²) >= 11 is 0. The molecule has 2 aromatic rings. The van der Waals surface area contributed by atoms with Gasteiger partial charge >= 0.3 is 5.97 Å². The Balaban J connectivity index is 2.39. The van der Waals surface area contributed by atoms with Gasteiger partial charge in [0.05, 0.1) is 18.1 Å². The van der Waals surface area contributed by atoms with Crippen molar-refractivity contribution in [1.29, 1.82) is 0 Å². The summed E-state index contributed by atoms with van der Waals surface area (Å²) < 4.78 is 1.99. The number of aliphatic carboxylic acids is 1. The van der Waals surface area contributed by atoms with Gasteiger partial charge in [0.1, 0.15) is 5.82 Å². The summed E-state index contributed by atoms with van der Waals surface area (Å²) in [5.74, 6) is 0.0193. The number of hydrogen-bond donors (Lipinski definition) is 1. The maximum atomic E-state index is 10.5. The molecule has 0 saturated heterocycles. The van der Waals surface area contributed by atoms with E-state index >= 15 is 0 Å². The zero-order chi connectivity index (χ0) is 10.8. The highest BCUT2D eigenvalue weighted by Crippen LogP contribution is 2.11. The van der Waals surface area contributed by atoms with Crippen molar-refractivity contribution in [2.75, 3.05) is 0 Å². The van der Waals surface area contributed by atoms with Gasteiger partial charge in [-0.15, -0.1) is 0 Å². The van der Waals surface area contributed by atoms with Gasteiger partial charge in [-0.1, -0.05) is 6.07 Å². The number of pyridine rings is 1. The van der Waals surface area contributed by atoms with Crippen molar-refractivity contribution in [2.45, 2.75) is 19.8 Å². The number of carbonyl (C=O) groups is 1. The fourth-order valence-electron chi connectivity index (χ4n) is 1.69. The predicted octanol–water partition coefficient (Wildman–Crippen LogP) is 1.66.